The van der Waals surface area contributed by atoms with Crippen molar-refractivity contribution in [3.63, 3.8) is 0 Å². The Hall–Kier alpha value is -4.87. The molecule has 2 N–H and O–H groups in total. The lowest BCUT2D eigenvalue weighted by Gasteiger charge is -2.43. The molecule has 0 radical (unpaired) electrons. The summed E-state index contributed by atoms with van der Waals surface area (Å²) in [6, 6.07) is 14.9. The Morgan fingerprint density at radius 3 is 2.55 bits per heavy atom. The predicted molar refractivity (Wildman–Crippen MR) is 152 cm³/mol. The van der Waals surface area contributed by atoms with Crippen molar-refractivity contribution >= 4 is 34.2 Å². The van der Waals surface area contributed by atoms with Gasteiger partial charge < -0.3 is 25.2 Å². The van der Waals surface area contributed by atoms with Crippen LogP contribution in [0.5, 0.6) is 0 Å². The molecule has 2 amide bonds. The summed E-state index contributed by atoms with van der Waals surface area (Å²) in [4.78, 5) is 38.8. The van der Waals surface area contributed by atoms with Gasteiger partial charge in [-0.25, -0.2) is 9.97 Å². The van der Waals surface area contributed by atoms with Gasteiger partial charge in [0.05, 0.1) is 12.2 Å². The molecule has 2 saturated heterocycles. The van der Waals surface area contributed by atoms with Crippen molar-refractivity contribution in [2.24, 2.45) is 0 Å². The van der Waals surface area contributed by atoms with E-state index in [1.54, 1.807) is 30.0 Å². The van der Waals surface area contributed by atoms with E-state index in [0.717, 1.165) is 17.8 Å². The molecule has 1 aromatic heterocycles. The number of carbonyl (C=O) groups excluding carboxylic acids is 2. The number of amides is 2. The number of carbonyl (C=O) groups is 2. The van der Waals surface area contributed by atoms with Crippen LogP contribution in [0.4, 0.5) is 24.7 Å². The molecule has 0 saturated carbocycles. The number of piperidine rings is 1. The quantitative estimate of drug-likeness (QED) is 0.297. The molecule has 0 bridgehead atoms. The van der Waals surface area contributed by atoms with Crippen LogP contribution in [0.3, 0.4) is 0 Å². The lowest BCUT2D eigenvalue weighted by molar-refractivity contribution is -0.303. The van der Waals surface area contributed by atoms with E-state index in [2.05, 4.69) is 36.8 Å². The lowest BCUT2D eigenvalue weighted by Crippen LogP contribution is -2.57. The third-order valence-corrected chi connectivity index (χ3v) is 7.41. The number of allylic oxidation sites excluding steroid dienone is 4. The smallest absolute Gasteiger partial charge is 0.406 e. The van der Waals surface area contributed by atoms with Gasteiger partial charge in [-0.05, 0) is 68.3 Å². The zero-order valence-corrected chi connectivity index (χ0v) is 22.8. The van der Waals surface area contributed by atoms with Crippen LogP contribution in [0, 0.1) is 0 Å². The first-order chi connectivity index (χ1) is 20.1. The number of ether oxygens (including phenoxy) is 1. The number of nitrogens with zero attached hydrogens (tertiary/aromatic N) is 4. The van der Waals surface area contributed by atoms with Crippen molar-refractivity contribution in [1.29, 1.82) is 0 Å². The molecular weight excluding hydrogens is 549 g/mol. The topological polar surface area (TPSA) is 99.7 Å². The molecule has 0 atom stereocenters. The summed E-state index contributed by atoms with van der Waals surface area (Å²) in [6.45, 7) is 6.26. The maximum Gasteiger partial charge on any atom is 0.573 e. The van der Waals surface area contributed by atoms with Crippen molar-refractivity contribution in [3.8, 4) is 0 Å². The summed E-state index contributed by atoms with van der Waals surface area (Å²) < 4.78 is 41.4. The Kier molecular flexibility index (Phi) is 7.88. The molecule has 2 fully saturated rings. The maximum absolute atomic E-state index is 13.5. The molecule has 0 unspecified atom stereocenters. The van der Waals surface area contributed by atoms with Crippen LogP contribution >= 0.6 is 0 Å². The minimum atomic E-state index is -4.82. The highest BCUT2D eigenvalue weighted by atomic mass is 19.4. The normalized spacial score (nSPS) is 17.4. The van der Waals surface area contributed by atoms with Gasteiger partial charge in [-0.3, -0.25) is 9.59 Å². The fraction of sp³-hybridized carbons (Fsp3) is 0.267. The highest BCUT2D eigenvalue weighted by molar-refractivity contribution is 6.00. The Morgan fingerprint density at radius 2 is 1.86 bits per heavy atom. The first-order valence-electron chi connectivity index (χ1n) is 13.3. The molecule has 0 aliphatic carbocycles. The molecule has 2 aliphatic heterocycles. The van der Waals surface area contributed by atoms with E-state index in [1.165, 1.54) is 12.4 Å². The Bertz CT molecular complexity index is 1560. The first-order valence-corrected chi connectivity index (χ1v) is 13.3. The van der Waals surface area contributed by atoms with E-state index in [9.17, 15) is 22.8 Å². The molecule has 2 aliphatic rings. The Morgan fingerprint density at radius 1 is 1.12 bits per heavy atom. The van der Waals surface area contributed by atoms with Crippen LogP contribution in [-0.4, -0.2) is 58.3 Å². The van der Waals surface area contributed by atoms with Crippen molar-refractivity contribution in [1.82, 2.24) is 20.2 Å². The van der Waals surface area contributed by atoms with Crippen LogP contribution in [0.1, 0.15) is 30.1 Å². The summed E-state index contributed by atoms with van der Waals surface area (Å²) in [5.41, 5.74) is 1.73. The molecule has 12 heteroatoms. The van der Waals surface area contributed by atoms with Gasteiger partial charge in [0.15, 0.2) is 0 Å². The van der Waals surface area contributed by atoms with Gasteiger partial charge in [0.1, 0.15) is 23.4 Å². The van der Waals surface area contributed by atoms with Crippen molar-refractivity contribution in [2.75, 3.05) is 30.0 Å². The lowest BCUT2D eigenvalue weighted by atomic mass is 9.85. The van der Waals surface area contributed by atoms with Crippen LogP contribution in [-0.2, 0) is 9.53 Å². The number of hydrogen-bond acceptors (Lipinski definition) is 7. The number of halogens is 3. The molecule has 218 valence electrons. The summed E-state index contributed by atoms with van der Waals surface area (Å²) in [7, 11) is 0. The van der Waals surface area contributed by atoms with E-state index in [1.807, 2.05) is 30.3 Å². The van der Waals surface area contributed by atoms with Gasteiger partial charge in [-0.2, -0.15) is 0 Å². The highest BCUT2D eigenvalue weighted by Crippen LogP contribution is 2.36. The SMILES string of the molecule is C=C/C(=C\C=C(/C)Nc1ncnc2cc(C(=O)N3CCC4(CC3)C(=O)NCN4c3ccccc3)ccc12)OC(F)(F)F. The summed E-state index contributed by atoms with van der Waals surface area (Å²) >= 11 is 0. The molecule has 3 heterocycles. The van der Waals surface area contributed by atoms with Gasteiger partial charge >= 0.3 is 6.36 Å². The van der Waals surface area contributed by atoms with Crippen molar-refractivity contribution in [2.45, 2.75) is 31.7 Å². The van der Waals surface area contributed by atoms with Crippen molar-refractivity contribution in [3.05, 3.63) is 96.7 Å². The average Bonchev–Trinajstić information content (AvgIpc) is 3.29. The minimum Gasteiger partial charge on any atom is -0.406 e. The number of likely N-dealkylation sites (tertiary alicyclic amines) is 1. The number of fused-ring (bicyclic) bond motifs is 1. The monoisotopic (exact) mass is 578 g/mol. The molecule has 42 heavy (non-hydrogen) atoms. The maximum atomic E-state index is 13.5. The average molecular weight is 579 g/mol. The van der Waals surface area contributed by atoms with Gasteiger partial charge in [-0.1, -0.05) is 24.8 Å². The molecular formula is C30H29F3N6O3. The summed E-state index contributed by atoms with van der Waals surface area (Å²) in [5.74, 6) is -0.211. The largest absolute Gasteiger partial charge is 0.573 e. The van der Waals surface area contributed by atoms with Crippen LogP contribution < -0.4 is 15.5 Å². The third-order valence-electron chi connectivity index (χ3n) is 7.41. The zero-order chi connectivity index (χ0) is 29.9. The van der Waals surface area contributed by atoms with Gasteiger partial charge in [0.2, 0.25) is 5.91 Å². The highest BCUT2D eigenvalue weighted by Gasteiger charge is 2.50. The van der Waals surface area contributed by atoms with E-state index in [4.69, 9.17) is 0 Å². The number of anilines is 2. The Labute approximate surface area is 240 Å². The molecule has 5 rings (SSSR count). The molecule has 1 spiro atoms. The molecule has 2 aromatic carbocycles. The number of hydrogen-bond donors (Lipinski definition) is 2. The Balaban J connectivity index is 1.29. The van der Waals surface area contributed by atoms with E-state index < -0.39 is 17.7 Å². The minimum absolute atomic E-state index is 0.0192. The van der Waals surface area contributed by atoms with E-state index >= 15 is 0 Å². The van der Waals surface area contributed by atoms with Crippen LogP contribution in [0.15, 0.2) is 91.1 Å². The molecule has 9 nitrogen and oxygen atoms in total. The molecule has 3 aromatic rings. The van der Waals surface area contributed by atoms with Gasteiger partial charge in [0, 0.05) is 35.4 Å². The number of alkyl halides is 3. The second kappa shape index (κ2) is 11.6. The number of nitrogens with one attached hydrogen (secondary N) is 2. The second-order valence-electron chi connectivity index (χ2n) is 10.0. The number of benzene rings is 2. The van der Waals surface area contributed by atoms with Crippen LogP contribution in [0.2, 0.25) is 0 Å². The van der Waals surface area contributed by atoms with Gasteiger partial charge in [0.25, 0.3) is 5.91 Å². The van der Waals surface area contributed by atoms with Crippen LogP contribution in [0.25, 0.3) is 10.9 Å². The predicted octanol–water partition coefficient (Wildman–Crippen LogP) is 5.12. The van der Waals surface area contributed by atoms with E-state index in [-0.39, 0.29) is 11.8 Å². The number of rotatable bonds is 7. The summed E-state index contributed by atoms with van der Waals surface area (Å²) in [5, 5.41) is 6.64. The van der Waals surface area contributed by atoms with E-state index in [0.29, 0.717) is 60.6 Å². The summed E-state index contributed by atoms with van der Waals surface area (Å²) in [6.07, 6.45) is 1.03. The third kappa shape index (κ3) is 5.92. The van der Waals surface area contributed by atoms with Crippen molar-refractivity contribution < 1.29 is 27.5 Å². The fourth-order valence-electron chi connectivity index (χ4n) is 5.30. The second-order valence-corrected chi connectivity index (χ2v) is 10.0. The first kappa shape index (κ1) is 28.7. The standard InChI is InChI=1S/C30H29F3N6O3/c1-3-23(42-30(31,32)33)11-9-20(2)37-26-24-12-10-21(17-25(24)34-18-35-26)27(40)38-15-13-29(14-16-38)28(41)36-19-39(29)22-7-5-4-6-8-22/h3-12,17-18H,1,13-16,19H2,2H3,(H,36,41)(H,34,35,37)/b20-9+,23-11+. The zero-order valence-electron chi connectivity index (χ0n) is 22.8. The number of aromatic nitrogens is 2. The number of para-hydroxylation sites is 1. The van der Waals surface area contributed by atoms with Gasteiger partial charge in [-0.15, -0.1) is 13.2 Å². The fourth-order valence-corrected chi connectivity index (χ4v) is 5.30.